The molecule has 0 fully saturated rings. The van der Waals surface area contributed by atoms with Crippen LogP contribution in [0.25, 0.3) is 4.96 Å². The maximum atomic E-state index is 12.5. The molecule has 0 bridgehead atoms. The Bertz CT molecular complexity index is 906. The molecule has 0 aliphatic heterocycles. The molecule has 0 radical (unpaired) electrons. The van der Waals surface area contributed by atoms with Gasteiger partial charge in [0.25, 0.3) is 10.0 Å². The van der Waals surface area contributed by atoms with Crippen LogP contribution in [0.1, 0.15) is 17.5 Å². The summed E-state index contributed by atoms with van der Waals surface area (Å²) in [5.74, 6) is -0.0154. The van der Waals surface area contributed by atoms with Crippen LogP contribution in [0, 0.1) is 6.92 Å². The minimum atomic E-state index is -3.83. The van der Waals surface area contributed by atoms with E-state index in [1.807, 2.05) is 13.8 Å². The van der Waals surface area contributed by atoms with Crippen LogP contribution in [0.5, 0.6) is 0 Å². The molecule has 0 aromatic carbocycles. The zero-order valence-corrected chi connectivity index (χ0v) is 13.8. The molecule has 0 spiro atoms. The highest BCUT2D eigenvalue weighted by Gasteiger charge is 2.26. The zero-order chi connectivity index (χ0) is 15.2. The summed E-state index contributed by atoms with van der Waals surface area (Å²) < 4.78 is 29.0. The summed E-state index contributed by atoms with van der Waals surface area (Å²) in [5.41, 5.74) is 6.63. The minimum Gasteiger partial charge on any atom is -0.381 e. The van der Waals surface area contributed by atoms with Crippen molar-refractivity contribution in [3.63, 3.8) is 0 Å². The number of nitrogen functional groups attached to an aromatic ring is 1. The van der Waals surface area contributed by atoms with E-state index >= 15 is 0 Å². The molecule has 21 heavy (non-hydrogen) atoms. The van der Waals surface area contributed by atoms with Gasteiger partial charge in [-0.05, 0) is 13.3 Å². The van der Waals surface area contributed by atoms with Crippen molar-refractivity contribution >= 4 is 48.6 Å². The zero-order valence-electron chi connectivity index (χ0n) is 11.3. The molecule has 10 heteroatoms. The molecule has 7 nitrogen and oxygen atoms in total. The van der Waals surface area contributed by atoms with Crippen molar-refractivity contribution < 1.29 is 8.42 Å². The Kier molecular flexibility index (Phi) is 3.38. The summed E-state index contributed by atoms with van der Waals surface area (Å²) in [6, 6.07) is 0. The van der Waals surface area contributed by atoms with Gasteiger partial charge in [-0.15, -0.1) is 22.7 Å². The number of fused-ring (bicyclic) bond motifs is 1. The van der Waals surface area contributed by atoms with Gasteiger partial charge < -0.3 is 5.73 Å². The molecule has 0 saturated carbocycles. The number of thiazole rings is 2. The van der Waals surface area contributed by atoms with E-state index in [-0.39, 0.29) is 10.8 Å². The van der Waals surface area contributed by atoms with Gasteiger partial charge >= 0.3 is 0 Å². The smallest absolute Gasteiger partial charge is 0.283 e. The summed E-state index contributed by atoms with van der Waals surface area (Å²) in [6.07, 6.45) is 2.39. The van der Waals surface area contributed by atoms with Gasteiger partial charge in [0.2, 0.25) is 5.03 Å². The normalized spacial score (nSPS) is 12.1. The molecule has 0 aliphatic rings. The summed E-state index contributed by atoms with van der Waals surface area (Å²) >= 11 is 2.63. The molecule has 0 atom stereocenters. The van der Waals surface area contributed by atoms with E-state index in [1.165, 1.54) is 27.1 Å². The Morgan fingerprint density at radius 1 is 1.43 bits per heavy atom. The van der Waals surface area contributed by atoms with Crippen molar-refractivity contribution in [3.05, 3.63) is 22.1 Å². The number of sulfonamides is 1. The fourth-order valence-corrected chi connectivity index (χ4v) is 5.14. The number of hydrogen-bond donors (Lipinski definition) is 2. The lowest BCUT2D eigenvalue weighted by Gasteiger charge is -2.04. The lowest BCUT2D eigenvalue weighted by molar-refractivity contribution is 0.597. The van der Waals surface area contributed by atoms with E-state index in [9.17, 15) is 8.42 Å². The fourth-order valence-electron chi connectivity index (χ4n) is 2.01. The Morgan fingerprint density at radius 3 is 2.86 bits per heavy atom. The van der Waals surface area contributed by atoms with Gasteiger partial charge in [0.15, 0.2) is 15.9 Å². The molecule has 112 valence electrons. The highest BCUT2D eigenvalue weighted by Crippen LogP contribution is 2.28. The molecular weight excluding hydrogens is 330 g/mol. The molecule has 0 saturated heterocycles. The minimum absolute atomic E-state index is 0.0154. The van der Waals surface area contributed by atoms with E-state index in [2.05, 4.69) is 14.7 Å². The van der Waals surface area contributed by atoms with E-state index in [4.69, 9.17) is 5.73 Å². The monoisotopic (exact) mass is 343 g/mol. The van der Waals surface area contributed by atoms with Crippen LogP contribution >= 0.6 is 22.7 Å². The molecule has 0 amide bonds. The van der Waals surface area contributed by atoms with Gasteiger partial charge in [-0.1, -0.05) is 6.92 Å². The predicted octanol–water partition coefficient (Wildman–Crippen LogP) is 2.11. The number of nitrogens with zero attached hydrogens (tertiary/aromatic N) is 3. The number of hydrogen-bond acceptors (Lipinski definition) is 7. The number of nitrogens with two attached hydrogens (primary N) is 1. The first-order chi connectivity index (χ1) is 9.92. The third kappa shape index (κ3) is 2.39. The average molecular weight is 343 g/mol. The SMILES string of the molecule is CCc1nc(NS(=O)(=O)c2c(N)nc3sccn23)sc1C. The lowest BCUT2D eigenvalue weighted by Crippen LogP contribution is -2.16. The van der Waals surface area contributed by atoms with Gasteiger partial charge in [-0.2, -0.15) is 8.42 Å². The number of imidazole rings is 1. The van der Waals surface area contributed by atoms with Crippen molar-refractivity contribution in [1.82, 2.24) is 14.4 Å². The van der Waals surface area contributed by atoms with Crippen LogP contribution < -0.4 is 10.5 Å². The lowest BCUT2D eigenvalue weighted by atomic mass is 10.3. The highest BCUT2D eigenvalue weighted by atomic mass is 32.2. The second kappa shape index (κ2) is 4.97. The Morgan fingerprint density at radius 2 is 2.19 bits per heavy atom. The number of aromatic nitrogens is 3. The Hall–Kier alpha value is -1.65. The van der Waals surface area contributed by atoms with E-state index in [0.29, 0.717) is 10.1 Å². The standard InChI is InChI=1S/C11H13N5O2S3/c1-3-7-6(2)20-10(13-7)15-21(17,18)9-8(12)14-11-16(9)4-5-19-11/h4-5H,3,12H2,1-2H3,(H,13,15). The summed E-state index contributed by atoms with van der Waals surface area (Å²) in [4.78, 5) is 9.86. The highest BCUT2D eigenvalue weighted by molar-refractivity contribution is 7.93. The fraction of sp³-hybridized carbons (Fsp3) is 0.273. The summed E-state index contributed by atoms with van der Waals surface area (Å²) in [5, 5.41) is 2.04. The molecule has 3 rings (SSSR count). The topological polar surface area (TPSA) is 102 Å². The molecule has 3 aromatic rings. The van der Waals surface area contributed by atoms with Crippen molar-refractivity contribution in [2.24, 2.45) is 0 Å². The maximum absolute atomic E-state index is 12.5. The van der Waals surface area contributed by atoms with Crippen LogP contribution in [-0.4, -0.2) is 22.8 Å². The first-order valence-corrected chi connectivity index (χ1v) is 9.30. The Balaban J connectivity index is 2.04. The average Bonchev–Trinajstić information content (AvgIpc) is 3.02. The first-order valence-electron chi connectivity index (χ1n) is 6.12. The molecule has 3 N–H and O–H groups in total. The summed E-state index contributed by atoms with van der Waals surface area (Å²) in [7, 11) is -3.83. The van der Waals surface area contributed by atoms with Gasteiger partial charge in [-0.3, -0.25) is 9.12 Å². The van der Waals surface area contributed by atoms with Crippen molar-refractivity contribution in [2.75, 3.05) is 10.5 Å². The van der Waals surface area contributed by atoms with Gasteiger partial charge in [0, 0.05) is 16.5 Å². The van der Waals surface area contributed by atoms with E-state index in [1.54, 1.807) is 11.6 Å². The molecule has 0 unspecified atom stereocenters. The van der Waals surface area contributed by atoms with Crippen molar-refractivity contribution in [3.8, 4) is 0 Å². The third-order valence-electron chi connectivity index (χ3n) is 2.95. The third-order valence-corrected chi connectivity index (χ3v) is 6.14. The summed E-state index contributed by atoms with van der Waals surface area (Å²) in [6.45, 7) is 3.89. The van der Waals surface area contributed by atoms with Crippen LogP contribution in [0.2, 0.25) is 0 Å². The van der Waals surface area contributed by atoms with Gasteiger partial charge in [0.05, 0.1) is 5.69 Å². The van der Waals surface area contributed by atoms with Gasteiger partial charge in [-0.25, -0.2) is 9.97 Å². The van der Waals surface area contributed by atoms with Crippen molar-refractivity contribution in [2.45, 2.75) is 25.3 Å². The van der Waals surface area contributed by atoms with Crippen LogP contribution in [-0.2, 0) is 16.4 Å². The van der Waals surface area contributed by atoms with E-state index in [0.717, 1.165) is 17.0 Å². The molecule has 3 heterocycles. The maximum Gasteiger partial charge on any atom is 0.283 e. The van der Waals surface area contributed by atoms with Gasteiger partial charge in [0.1, 0.15) is 0 Å². The number of nitrogens with one attached hydrogen (secondary N) is 1. The first kappa shape index (κ1) is 14.3. The second-order valence-corrected chi connectivity index (χ2v) is 8.01. The second-order valence-electron chi connectivity index (χ2n) is 4.34. The molecular formula is C11H13N5O2S3. The van der Waals surface area contributed by atoms with E-state index < -0.39 is 10.0 Å². The molecule has 3 aromatic heterocycles. The largest absolute Gasteiger partial charge is 0.381 e. The quantitative estimate of drug-likeness (QED) is 0.755. The Labute approximate surface area is 129 Å². The number of rotatable bonds is 4. The van der Waals surface area contributed by atoms with Crippen LogP contribution in [0.3, 0.4) is 0 Å². The van der Waals surface area contributed by atoms with Crippen LogP contribution in [0.4, 0.5) is 10.9 Å². The molecule has 0 aliphatic carbocycles. The van der Waals surface area contributed by atoms with Crippen molar-refractivity contribution in [1.29, 1.82) is 0 Å². The van der Waals surface area contributed by atoms with Crippen LogP contribution in [0.15, 0.2) is 16.6 Å². The number of anilines is 2. The number of aryl methyl sites for hydroxylation is 2. The predicted molar refractivity (Wildman–Crippen MR) is 84.5 cm³/mol.